The first kappa shape index (κ1) is 16.3. The highest BCUT2D eigenvalue weighted by molar-refractivity contribution is 6.05. The fourth-order valence-electron chi connectivity index (χ4n) is 1.77. The highest BCUT2D eigenvalue weighted by atomic mass is 16.5. The van der Waals surface area contributed by atoms with E-state index in [0.717, 1.165) is 0 Å². The molecule has 0 aromatic heterocycles. The largest absolute Gasteiger partial charge is 0.465 e. The molecule has 1 rings (SSSR count). The smallest absolute Gasteiger partial charge is 0.319 e. The molecule has 2 amide bonds. The Balaban J connectivity index is 2.76. The SMILES string of the molecule is CCOC(=O)C(C)(C)C(=O)CN1CC(=O)NC(=O)C1C. The molecule has 1 N–H and O–H groups in total. The lowest BCUT2D eigenvalue weighted by molar-refractivity contribution is -0.158. The molecular formula is C13H20N2O5. The Morgan fingerprint density at radius 1 is 1.40 bits per heavy atom. The summed E-state index contributed by atoms with van der Waals surface area (Å²) >= 11 is 0. The van der Waals surface area contributed by atoms with Crippen LogP contribution >= 0.6 is 0 Å². The van der Waals surface area contributed by atoms with E-state index < -0.39 is 29.2 Å². The minimum atomic E-state index is -1.30. The molecule has 0 spiro atoms. The first-order chi connectivity index (χ1) is 9.20. The fourth-order valence-corrected chi connectivity index (χ4v) is 1.77. The van der Waals surface area contributed by atoms with Gasteiger partial charge in [0, 0.05) is 0 Å². The molecule has 0 aliphatic carbocycles. The Kier molecular flexibility index (Phi) is 4.99. The van der Waals surface area contributed by atoms with Gasteiger partial charge in [0.15, 0.2) is 5.78 Å². The maximum Gasteiger partial charge on any atom is 0.319 e. The van der Waals surface area contributed by atoms with E-state index in [9.17, 15) is 19.2 Å². The average Bonchev–Trinajstić information content (AvgIpc) is 2.35. The number of piperazine rings is 1. The van der Waals surface area contributed by atoms with Crippen molar-refractivity contribution in [2.24, 2.45) is 5.41 Å². The second-order valence-corrected chi connectivity index (χ2v) is 5.26. The van der Waals surface area contributed by atoms with Crippen LogP contribution in [0.5, 0.6) is 0 Å². The number of imide groups is 1. The van der Waals surface area contributed by atoms with Crippen molar-refractivity contribution in [3.8, 4) is 0 Å². The number of carbonyl (C=O) groups excluding carboxylic acids is 4. The number of ether oxygens (including phenoxy) is 1. The van der Waals surface area contributed by atoms with E-state index in [4.69, 9.17) is 4.74 Å². The fraction of sp³-hybridized carbons (Fsp3) is 0.692. The van der Waals surface area contributed by atoms with Crippen molar-refractivity contribution in [1.29, 1.82) is 0 Å². The third kappa shape index (κ3) is 3.41. The van der Waals surface area contributed by atoms with Crippen molar-refractivity contribution < 1.29 is 23.9 Å². The molecule has 7 heteroatoms. The molecule has 1 atom stereocenters. The third-order valence-corrected chi connectivity index (χ3v) is 3.37. The minimum absolute atomic E-state index is 0.0441. The summed E-state index contributed by atoms with van der Waals surface area (Å²) in [6.45, 7) is 6.22. The quantitative estimate of drug-likeness (QED) is 0.415. The number of Topliss-reactive ketones (excluding diaryl/α,β-unsaturated/α-hetero) is 1. The Morgan fingerprint density at radius 2 is 2.00 bits per heavy atom. The molecule has 7 nitrogen and oxygen atoms in total. The summed E-state index contributed by atoms with van der Waals surface area (Å²) in [4.78, 5) is 48.2. The van der Waals surface area contributed by atoms with Crippen molar-refractivity contribution in [3.63, 3.8) is 0 Å². The summed E-state index contributed by atoms with van der Waals surface area (Å²) in [7, 11) is 0. The van der Waals surface area contributed by atoms with Crippen molar-refractivity contribution in [3.05, 3.63) is 0 Å². The number of nitrogens with one attached hydrogen (secondary N) is 1. The van der Waals surface area contributed by atoms with Gasteiger partial charge in [0.2, 0.25) is 11.8 Å². The maximum absolute atomic E-state index is 12.2. The number of rotatable bonds is 5. The number of ketones is 1. The normalized spacial score (nSPS) is 20.5. The Morgan fingerprint density at radius 3 is 2.55 bits per heavy atom. The van der Waals surface area contributed by atoms with E-state index in [1.807, 2.05) is 0 Å². The first-order valence-electron chi connectivity index (χ1n) is 6.48. The zero-order valence-corrected chi connectivity index (χ0v) is 12.2. The van der Waals surface area contributed by atoms with Gasteiger partial charge in [-0.15, -0.1) is 0 Å². The number of nitrogens with zero attached hydrogens (tertiary/aromatic N) is 1. The molecular weight excluding hydrogens is 264 g/mol. The van der Waals surface area contributed by atoms with Crippen LogP contribution in [-0.2, 0) is 23.9 Å². The lowest BCUT2D eigenvalue weighted by atomic mass is 9.87. The van der Waals surface area contributed by atoms with E-state index in [0.29, 0.717) is 0 Å². The predicted molar refractivity (Wildman–Crippen MR) is 69.6 cm³/mol. The molecule has 112 valence electrons. The average molecular weight is 284 g/mol. The van der Waals surface area contributed by atoms with E-state index >= 15 is 0 Å². The second-order valence-electron chi connectivity index (χ2n) is 5.26. The van der Waals surface area contributed by atoms with Crippen LogP contribution in [0, 0.1) is 5.41 Å². The van der Waals surface area contributed by atoms with Crippen LogP contribution in [0.25, 0.3) is 0 Å². The van der Waals surface area contributed by atoms with Gasteiger partial charge in [0.25, 0.3) is 0 Å². The van der Waals surface area contributed by atoms with Gasteiger partial charge in [-0.25, -0.2) is 0 Å². The minimum Gasteiger partial charge on any atom is -0.465 e. The summed E-state index contributed by atoms with van der Waals surface area (Å²) in [5.41, 5.74) is -1.30. The van der Waals surface area contributed by atoms with E-state index in [1.54, 1.807) is 13.8 Å². The van der Waals surface area contributed by atoms with E-state index in [1.165, 1.54) is 18.7 Å². The zero-order valence-electron chi connectivity index (χ0n) is 12.2. The van der Waals surface area contributed by atoms with E-state index in [-0.39, 0.29) is 25.5 Å². The van der Waals surface area contributed by atoms with Gasteiger partial charge in [-0.3, -0.25) is 29.4 Å². The highest BCUT2D eigenvalue weighted by Crippen LogP contribution is 2.20. The number of carbonyl (C=O) groups is 4. The molecule has 20 heavy (non-hydrogen) atoms. The van der Waals surface area contributed by atoms with Gasteiger partial charge in [-0.2, -0.15) is 0 Å². The van der Waals surface area contributed by atoms with Crippen molar-refractivity contribution >= 4 is 23.6 Å². The predicted octanol–water partition coefficient (Wildman–Crippen LogP) is -0.508. The Hall–Kier alpha value is -1.76. The number of esters is 1. The van der Waals surface area contributed by atoms with Gasteiger partial charge < -0.3 is 4.74 Å². The van der Waals surface area contributed by atoms with Gasteiger partial charge in [-0.05, 0) is 27.7 Å². The number of hydrogen-bond donors (Lipinski definition) is 1. The summed E-state index contributed by atoms with van der Waals surface area (Å²) in [6, 6.07) is -0.588. The van der Waals surface area contributed by atoms with Crippen LogP contribution in [0.3, 0.4) is 0 Å². The maximum atomic E-state index is 12.2. The lowest BCUT2D eigenvalue weighted by Gasteiger charge is -2.32. The van der Waals surface area contributed by atoms with Crippen LogP contribution in [0.2, 0.25) is 0 Å². The number of hydrogen-bond acceptors (Lipinski definition) is 6. The molecule has 0 aromatic carbocycles. The van der Waals surface area contributed by atoms with Crippen LogP contribution in [0.4, 0.5) is 0 Å². The molecule has 1 fully saturated rings. The Bertz CT molecular complexity index is 444. The third-order valence-electron chi connectivity index (χ3n) is 3.37. The zero-order chi connectivity index (χ0) is 15.5. The molecule has 1 aliphatic heterocycles. The summed E-state index contributed by atoms with van der Waals surface area (Å²) in [5.74, 6) is -1.88. The summed E-state index contributed by atoms with van der Waals surface area (Å²) < 4.78 is 4.86. The second kappa shape index (κ2) is 6.13. The van der Waals surface area contributed by atoms with Crippen LogP contribution in [-0.4, -0.2) is 54.2 Å². The molecule has 1 aliphatic rings. The molecule has 1 saturated heterocycles. The van der Waals surface area contributed by atoms with E-state index in [2.05, 4.69) is 5.32 Å². The highest BCUT2D eigenvalue weighted by Gasteiger charge is 2.40. The molecule has 0 radical (unpaired) electrons. The topological polar surface area (TPSA) is 92.8 Å². The van der Waals surface area contributed by atoms with Crippen molar-refractivity contribution in [2.45, 2.75) is 33.7 Å². The summed E-state index contributed by atoms with van der Waals surface area (Å²) in [5, 5.41) is 2.19. The number of amides is 2. The van der Waals surface area contributed by atoms with Crippen LogP contribution in [0.1, 0.15) is 27.7 Å². The van der Waals surface area contributed by atoms with Crippen molar-refractivity contribution in [1.82, 2.24) is 10.2 Å². The molecule has 0 saturated carbocycles. The molecule has 0 aromatic rings. The van der Waals surface area contributed by atoms with Crippen molar-refractivity contribution in [2.75, 3.05) is 19.7 Å². The molecule has 1 unspecified atom stereocenters. The first-order valence-corrected chi connectivity index (χ1v) is 6.48. The van der Waals surface area contributed by atoms with Crippen LogP contribution in [0.15, 0.2) is 0 Å². The van der Waals surface area contributed by atoms with Gasteiger partial charge in [0.1, 0.15) is 5.41 Å². The molecule has 1 heterocycles. The Labute approximate surface area is 117 Å². The van der Waals surface area contributed by atoms with Crippen LogP contribution < -0.4 is 5.32 Å². The van der Waals surface area contributed by atoms with Gasteiger partial charge >= 0.3 is 5.97 Å². The van der Waals surface area contributed by atoms with Gasteiger partial charge in [-0.1, -0.05) is 0 Å². The lowest BCUT2D eigenvalue weighted by Crippen LogP contribution is -2.59. The summed E-state index contributed by atoms with van der Waals surface area (Å²) in [6.07, 6.45) is 0. The van der Waals surface area contributed by atoms with Gasteiger partial charge in [0.05, 0.1) is 25.7 Å². The standard InChI is InChI=1S/C13H20N2O5/c1-5-20-12(19)13(3,4)9(16)6-15-7-10(17)14-11(18)8(15)2/h8H,5-7H2,1-4H3,(H,14,17,18). The molecule has 0 bridgehead atoms. The monoisotopic (exact) mass is 284 g/mol.